The van der Waals surface area contributed by atoms with E-state index in [1.54, 1.807) is 38.6 Å². The van der Waals surface area contributed by atoms with Crippen molar-refractivity contribution in [3.63, 3.8) is 0 Å². The Morgan fingerprint density at radius 1 is 0.893 bits per heavy atom. The van der Waals surface area contributed by atoms with Crippen molar-refractivity contribution in [3.05, 3.63) is 58.2 Å². The van der Waals surface area contributed by atoms with Crippen LogP contribution in [0.1, 0.15) is 12.5 Å². The lowest BCUT2D eigenvalue weighted by Crippen LogP contribution is -2.04. The van der Waals surface area contributed by atoms with Crippen LogP contribution >= 0.6 is 23.2 Å². The Labute approximate surface area is 173 Å². The van der Waals surface area contributed by atoms with Crippen LogP contribution in [0.2, 0.25) is 10.0 Å². The first kappa shape index (κ1) is 20.0. The zero-order valence-electron chi connectivity index (χ0n) is 15.7. The lowest BCUT2D eigenvalue weighted by molar-refractivity contribution is 0.415. The molecule has 2 aromatic carbocycles. The molecular formula is C20H20Cl2N4O2. The SMILES string of the molecule is CCc1cnc(Nc2ccc(Cl)c(OC)c2)nc1Nc1ccc(Cl)c(OC)c1. The zero-order valence-corrected chi connectivity index (χ0v) is 17.2. The number of nitrogens with zero attached hydrogens (tertiary/aromatic N) is 2. The average molecular weight is 419 g/mol. The number of benzene rings is 2. The fraction of sp³-hybridized carbons (Fsp3) is 0.200. The van der Waals surface area contributed by atoms with Crippen LogP contribution < -0.4 is 20.1 Å². The smallest absolute Gasteiger partial charge is 0.229 e. The number of ether oxygens (including phenoxy) is 2. The number of rotatable bonds is 7. The summed E-state index contributed by atoms with van der Waals surface area (Å²) in [4.78, 5) is 9.00. The monoisotopic (exact) mass is 418 g/mol. The third-order valence-electron chi connectivity index (χ3n) is 4.07. The molecule has 8 heteroatoms. The van der Waals surface area contributed by atoms with Gasteiger partial charge in [0.05, 0.1) is 24.3 Å². The van der Waals surface area contributed by atoms with E-state index in [1.807, 2.05) is 25.1 Å². The lowest BCUT2D eigenvalue weighted by atomic mass is 10.2. The van der Waals surface area contributed by atoms with Crippen molar-refractivity contribution < 1.29 is 9.47 Å². The minimum atomic E-state index is 0.449. The van der Waals surface area contributed by atoms with Crippen molar-refractivity contribution in [2.75, 3.05) is 24.9 Å². The van der Waals surface area contributed by atoms with Crippen LogP contribution in [0.3, 0.4) is 0 Å². The fourth-order valence-corrected chi connectivity index (χ4v) is 2.96. The maximum Gasteiger partial charge on any atom is 0.229 e. The molecule has 3 rings (SSSR count). The molecule has 0 bridgehead atoms. The van der Waals surface area contributed by atoms with Crippen LogP contribution in [-0.2, 0) is 6.42 Å². The van der Waals surface area contributed by atoms with Crippen LogP contribution in [0.25, 0.3) is 0 Å². The van der Waals surface area contributed by atoms with Crippen molar-refractivity contribution in [2.45, 2.75) is 13.3 Å². The molecule has 0 amide bonds. The molecule has 0 spiro atoms. The minimum absolute atomic E-state index is 0.449. The van der Waals surface area contributed by atoms with Gasteiger partial charge in [-0.25, -0.2) is 4.98 Å². The summed E-state index contributed by atoms with van der Waals surface area (Å²) in [5.74, 6) is 2.31. The summed E-state index contributed by atoms with van der Waals surface area (Å²) >= 11 is 12.2. The summed E-state index contributed by atoms with van der Waals surface area (Å²) in [5, 5.41) is 7.56. The van der Waals surface area contributed by atoms with Gasteiger partial charge in [-0.2, -0.15) is 4.98 Å². The number of aryl methyl sites for hydroxylation is 1. The van der Waals surface area contributed by atoms with Crippen molar-refractivity contribution in [2.24, 2.45) is 0 Å². The van der Waals surface area contributed by atoms with Gasteiger partial charge in [-0.05, 0) is 30.7 Å². The fourth-order valence-electron chi connectivity index (χ4n) is 2.57. The Bertz CT molecular complexity index is 982. The molecule has 28 heavy (non-hydrogen) atoms. The summed E-state index contributed by atoms with van der Waals surface area (Å²) < 4.78 is 10.5. The van der Waals surface area contributed by atoms with Gasteiger partial charge in [-0.15, -0.1) is 0 Å². The first-order valence-corrected chi connectivity index (χ1v) is 9.36. The van der Waals surface area contributed by atoms with Gasteiger partial charge in [0.15, 0.2) is 0 Å². The molecule has 2 N–H and O–H groups in total. The Balaban J connectivity index is 1.88. The first-order chi connectivity index (χ1) is 13.5. The molecule has 0 saturated carbocycles. The van der Waals surface area contributed by atoms with Gasteiger partial charge in [0.25, 0.3) is 0 Å². The van der Waals surface area contributed by atoms with Crippen LogP contribution in [0, 0.1) is 0 Å². The van der Waals surface area contributed by atoms with Crippen molar-refractivity contribution in [1.29, 1.82) is 0 Å². The van der Waals surface area contributed by atoms with Gasteiger partial charge in [0.2, 0.25) is 5.95 Å². The second-order valence-corrected chi connectivity index (χ2v) is 6.68. The second-order valence-electron chi connectivity index (χ2n) is 5.87. The van der Waals surface area contributed by atoms with Crippen LogP contribution in [0.5, 0.6) is 11.5 Å². The zero-order chi connectivity index (χ0) is 20.1. The molecule has 0 aliphatic heterocycles. The highest BCUT2D eigenvalue weighted by Gasteiger charge is 2.10. The van der Waals surface area contributed by atoms with Crippen molar-refractivity contribution in [1.82, 2.24) is 9.97 Å². The van der Waals surface area contributed by atoms with Gasteiger partial charge in [-0.3, -0.25) is 0 Å². The summed E-state index contributed by atoms with van der Waals surface area (Å²) in [5.41, 5.74) is 2.56. The van der Waals surface area contributed by atoms with E-state index < -0.39 is 0 Å². The Morgan fingerprint density at radius 3 is 2.00 bits per heavy atom. The van der Waals surface area contributed by atoms with E-state index in [4.69, 9.17) is 32.7 Å². The molecular weight excluding hydrogens is 399 g/mol. The molecule has 0 saturated heterocycles. The molecule has 146 valence electrons. The largest absolute Gasteiger partial charge is 0.495 e. The van der Waals surface area contributed by atoms with Gasteiger partial charge < -0.3 is 20.1 Å². The average Bonchev–Trinajstić information content (AvgIpc) is 2.71. The molecule has 0 radical (unpaired) electrons. The topological polar surface area (TPSA) is 68.3 Å². The molecule has 3 aromatic rings. The van der Waals surface area contributed by atoms with E-state index >= 15 is 0 Å². The minimum Gasteiger partial charge on any atom is -0.495 e. The molecule has 0 aliphatic carbocycles. The Hall–Kier alpha value is -2.70. The summed E-state index contributed by atoms with van der Waals surface area (Å²) in [7, 11) is 3.15. The predicted molar refractivity (Wildman–Crippen MR) is 114 cm³/mol. The standard InChI is InChI=1S/C20H20Cl2N4O2/c1-4-12-11-23-20(25-14-6-8-16(22)18(10-14)28-3)26-19(12)24-13-5-7-15(21)17(9-13)27-2/h5-11H,4H2,1-3H3,(H2,23,24,25,26). The predicted octanol–water partition coefficient (Wildman–Crippen LogP) is 5.85. The molecule has 0 aliphatic rings. The van der Waals surface area contributed by atoms with Gasteiger partial charge >= 0.3 is 0 Å². The molecule has 0 unspecified atom stereocenters. The third-order valence-corrected chi connectivity index (χ3v) is 4.69. The quantitative estimate of drug-likeness (QED) is 0.501. The number of nitrogens with one attached hydrogen (secondary N) is 2. The van der Waals surface area contributed by atoms with E-state index in [-0.39, 0.29) is 0 Å². The molecule has 1 heterocycles. The van der Waals surface area contributed by atoms with Gasteiger partial charge in [-0.1, -0.05) is 30.1 Å². The van der Waals surface area contributed by atoms with Crippen LogP contribution in [0.4, 0.5) is 23.1 Å². The van der Waals surface area contributed by atoms with Gasteiger partial charge in [0, 0.05) is 35.3 Å². The maximum absolute atomic E-state index is 6.10. The van der Waals surface area contributed by atoms with E-state index in [0.717, 1.165) is 23.4 Å². The Morgan fingerprint density at radius 2 is 1.46 bits per heavy atom. The molecule has 1 aromatic heterocycles. The first-order valence-electron chi connectivity index (χ1n) is 8.61. The summed E-state index contributed by atoms with van der Waals surface area (Å²) in [6.07, 6.45) is 2.57. The van der Waals surface area contributed by atoms with E-state index in [1.165, 1.54) is 0 Å². The number of hydrogen-bond acceptors (Lipinski definition) is 6. The van der Waals surface area contributed by atoms with E-state index in [0.29, 0.717) is 33.3 Å². The number of aromatic nitrogens is 2. The summed E-state index contributed by atoms with van der Waals surface area (Å²) in [6.45, 7) is 2.05. The third kappa shape index (κ3) is 4.58. The van der Waals surface area contributed by atoms with Crippen LogP contribution in [0.15, 0.2) is 42.6 Å². The van der Waals surface area contributed by atoms with Crippen LogP contribution in [-0.4, -0.2) is 24.2 Å². The highest BCUT2D eigenvalue weighted by molar-refractivity contribution is 6.32. The van der Waals surface area contributed by atoms with E-state index in [2.05, 4.69) is 20.6 Å². The number of hydrogen-bond donors (Lipinski definition) is 2. The van der Waals surface area contributed by atoms with Crippen molar-refractivity contribution >= 4 is 46.3 Å². The van der Waals surface area contributed by atoms with Crippen molar-refractivity contribution in [3.8, 4) is 11.5 Å². The number of methoxy groups -OCH3 is 2. The maximum atomic E-state index is 6.10. The molecule has 0 fully saturated rings. The Kier molecular flexibility index (Phi) is 6.44. The highest BCUT2D eigenvalue weighted by Crippen LogP contribution is 2.31. The van der Waals surface area contributed by atoms with E-state index in [9.17, 15) is 0 Å². The summed E-state index contributed by atoms with van der Waals surface area (Å²) in [6, 6.07) is 10.8. The second kappa shape index (κ2) is 8.99. The number of anilines is 4. The normalized spacial score (nSPS) is 10.5. The number of halogens is 2. The molecule has 0 atom stereocenters. The highest BCUT2D eigenvalue weighted by atomic mass is 35.5. The molecule has 6 nitrogen and oxygen atoms in total. The lowest BCUT2D eigenvalue weighted by Gasteiger charge is -2.14. The van der Waals surface area contributed by atoms with Gasteiger partial charge in [0.1, 0.15) is 17.3 Å².